The lowest BCUT2D eigenvalue weighted by atomic mass is 10.0. The van der Waals surface area contributed by atoms with Gasteiger partial charge in [-0.15, -0.1) is 0 Å². The molecule has 1 atom stereocenters. The Hall–Kier alpha value is -2.83. The molecule has 0 aliphatic rings. The highest BCUT2D eigenvalue weighted by atomic mass is 16.5. The third-order valence-electron chi connectivity index (χ3n) is 3.61. The van der Waals surface area contributed by atoms with Gasteiger partial charge in [0.15, 0.2) is 0 Å². The van der Waals surface area contributed by atoms with E-state index < -0.39 is 12.1 Å². The van der Waals surface area contributed by atoms with Crippen molar-refractivity contribution in [1.29, 1.82) is 0 Å². The number of ether oxygens (including phenoxy) is 1. The number of benzene rings is 1. The first-order valence-electron chi connectivity index (χ1n) is 7.70. The van der Waals surface area contributed by atoms with Crippen LogP contribution in [0.2, 0.25) is 0 Å². The maximum atomic E-state index is 12.3. The number of alkyl carbamates (subject to hydrolysis) is 1. The maximum absolute atomic E-state index is 12.3. The zero-order valence-electron chi connectivity index (χ0n) is 14.0. The number of rotatable bonds is 6. The summed E-state index contributed by atoms with van der Waals surface area (Å²) in [4.78, 5) is 27.6. The van der Waals surface area contributed by atoms with Crippen LogP contribution in [0, 0.1) is 5.92 Å². The summed E-state index contributed by atoms with van der Waals surface area (Å²) in [7, 11) is 1.27. The summed E-state index contributed by atoms with van der Waals surface area (Å²) < 4.78 is 6.46. The van der Waals surface area contributed by atoms with Gasteiger partial charge in [-0.25, -0.2) is 9.78 Å². The van der Waals surface area contributed by atoms with Gasteiger partial charge < -0.3 is 19.9 Å². The fourth-order valence-electron chi connectivity index (χ4n) is 2.22. The van der Waals surface area contributed by atoms with E-state index in [0.29, 0.717) is 6.54 Å². The van der Waals surface area contributed by atoms with Gasteiger partial charge in [0.05, 0.1) is 13.4 Å². The van der Waals surface area contributed by atoms with Crippen LogP contribution in [0.4, 0.5) is 4.79 Å². The number of aromatic nitrogens is 2. The van der Waals surface area contributed by atoms with Crippen molar-refractivity contribution in [3.8, 4) is 5.69 Å². The molecule has 24 heavy (non-hydrogen) atoms. The molecule has 1 aromatic carbocycles. The van der Waals surface area contributed by atoms with E-state index in [0.717, 1.165) is 11.3 Å². The Bertz CT molecular complexity index is 666. The van der Waals surface area contributed by atoms with Crippen LogP contribution >= 0.6 is 0 Å². The maximum Gasteiger partial charge on any atom is 0.407 e. The monoisotopic (exact) mass is 330 g/mol. The molecule has 0 aliphatic heterocycles. The summed E-state index contributed by atoms with van der Waals surface area (Å²) in [5.41, 5.74) is 1.96. The third kappa shape index (κ3) is 4.58. The van der Waals surface area contributed by atoms with Gasteiger partial charge >= 0.3 is 6.09 Å². The molecule has 7 heteroatoms. The third-order valence-corrected chi connectivity index (χ3v) is 3.61. The number of carbonyl (C=O) groups is 2. The topological polar surface area (TPSA) is 85.2 Å². The van der Waals surface area contributed by atoms with Crippen LogP contribution in [-0.2, 0) is 16.1 Å². The number of imidazole rings is 1. The fraction of sp³-hybridized carbons (Fsp3) is 0.353. The van der Waals surface area contributed by atoms with Gasteiger partial charge in [0.1, 0.15) is 6.04 Å². The molecule has 0 aliphatic carbocycles. The van der Waals surface area contributed by atoms with Crippen molar-refractivity contribution < 1.29 is 14.3 Å². The van der Waals surface area contributed by atoms with Crippen molar-refractivity contribution in [2.75, 3.05) is 7.11 Å². The highest BCUT2D eigenvalue weighted by Crippen LogP contribution is 2.09. The van der Waals surface area contributed by atoms with Gasteiger partial charge in [0, 0.05) is 24.6 Å². The van der Waals surface area contributed by atoms with Crippen LogP contribution in [0.25, 0.3) is 5.69 Å². The van der Waals surface area contributed by atoms with Crippen molar-refractivity contribution in [3.05, 3.63) is 48.5 Å². The molecular formula is C17H22N4O3. The second kappa shape index (κ2) is 8.14. The van der Waals surface area contributed by atoms with Crippen LogP contribution in [0.1, 0.15) is 19.4 Å². The highest BCUT2D eigenvalue weighted by molar-refractivity contribution is 5.85. The predicted octanol–water partition coefficient (Wildman–Crippen LogP) is 1.87. The Morgan fingerprint density at radius 2 is 1.96 bits per heavy atom. The number of hydrogen-bond acceptors (Lipinski definition) is 4. The van der Waals surface area contributed by atoms with Gasteiger partial charge in [0.2, 0.25) is 5.91 Å². The number of carbonyl (C=O) groups excluding carboxylic acids is 2. The summed E-state index contributed by atoms with van der Waals surface area (Å²) in [5.74, 6) is -0.290. The second-order valence-corrected chi connectivity index (χ2v) is 5.71. The van der Waals surface area contributed by atoms with E-state index in [1.165, 1.54) is 7.11 Å². The Morgan fingerprint density at radius 3 is 2.50 bits per heavy atom. The largest absolute Gasteiger partial charge is 0.453 e. The molecule has 1 aromatic heterocycles. The average Bonchev–Trinajstić information content (AvgIpc) is 3.12. The summed E-state index contributed by atoms with van der Waals surface area (Å²) in [5, 5.41) is 5.38. The van der Waals surface area contributed by atoms with E-state index >= 15 is 0 Å². The standard InChI is InChI=1S/C17H22N4O3/c1-12(2)15(20-17(23)24-3)16(22)19-10-13-4-6-14(7-5-13)21-9-8-18-11-21/h4-9,11-12,15H,10H2,1-3H3,(H,19,22)(H,20,23). The van der Waals surface area contributed by atoms with E-state index in [-0.39, 0.29) is 11.8 Å². The minimum Gasteiger partial charge on any atom is -0.453 e. The van der Waals surface area contributed by atoms with Crippen LogP contribution in [0.5, 0.6) is 0 Å². The molecule has 2 aromatic rings. The first kappa shape index (κ1) is 17.5. The Morgan fingerprint density at radius 1 is 1.25 bits per heavy atom. The predicted molar refractivity (Wildman–Crippen MR) is 89.6 cm³/mol. The molecule has 0 fully saturated rings. The van der Waals surface area contributed by atoms with Crippen LogP contribution in [0.3, 0.4) is 0 Å². The number of methoxy groups -OCH3 is 1. The Balaban J connectivity index is 1.93. The SMILES string of the molecule is COC(=O)NC(C(=O)NCc1ccc(-n2ccnc2)cc1)C(C)C. The highest BCUT2D eigenvalue weighted by Gasteiger charge is 2.24. The van der Waals surface area contributed by atoms with Crippen LogP contribution < -0.4 is 10.6 Å². The van der Waals surface area contributed by atoms with Crippen LogP contribution in [-0.4, -0.2) is 34.7 Å². The second-order valence-electron chi connectivity index (χ2n) is 5.71. The van der Waals surface area contributed by atoms with Gasteiger partial charge in [-0.05, 0) is 23.6 Å². The fourth-order valence-corrected chi connectivity index (χ4v) is 2.22. The molecule has 7 nitrogen and oxygen atoms in total. The minimum atomic E-state index is -0.636. The normalized spacial score (nSPS) is 11.8. The summed E-state index contributed by atoms with van der Waals surface area (Å²) >= 11 is 0. The quantitative estimate of drug-likeness (QED) is 0.847. The Labute approximate surface area is 141 Å². The molecule has 1 heterocycles. The molecule has 2 N–H and O–H groups in total. The van der Waals surface area contributed by atoms with E-state index in [1.807, 2.05) is 48.9 Å². The molecule has 1 unspecified atom stereocenters. The van der Waals surface area contributed by atoms with Crippen molar-refractivity contribution >= 4 is 12.0 Å². The van der Waals surface area contributed by atoms with Gasteiger partial charge in [0.25, 0.3) is 0 Å². The minimum absolute atomic E-state index is 0.0484. The molecule has 0 bridgehead atoms. The van der Waals surface area contributed by atoms with Crippen molar-refractivity contribution in [2.24, 2.45) is 5.92 Å². The van der Waals surface area contributed by atoms with Crippen LogP contribution in [0.15, 0.2) is 43.0 Å². The van der Waals surface area contributed by atoms with Crippen molar-refractivity contribution in [3.63, 3.8) is 0 Å². The first-order chi connectivity index (χ1) is 11.5. The number of nitrogens with zero attached hydrogens (tertiary/aromatic N) is 2. The average molecular weight is 330 g/mol. The number of nitrogens with one attached hydrogen (secondary N) is 2. The van der Waals surface area contributed by atoms with Crippen molar-refractivity contribution in [2.45, 2.75) is 26.4 Å². The van der Waals surface area contributed by atoms with E-state index in [9.17, 15) is 9.59 Å². The smallest absolute Gasteiger partial charge is 0.407 e. The molecule has 0 saturated carbocycles. The molecular weight excluding hydrogens is 308 g/mol. The molecule has 128 valence electrons. The number of hydrogen-bond donors (Lipinski definition) is 2. The first-order valence-corrected chi connectivity index (χ1v) is 7.70. The molecule has 2 amide bonds. The zero-order chi connectivity index (χ0) is 17.5. The van der Waals surface area contributed by atoms with Gasteiger partial charge in [-0.3, -0.25) is 4.79 Å². The summed E-state index contributed by atoms with van der Waals surface area (Å²) in [6.45, 7) is 4.11. The lowest BCUT2D eigenvalue weighted by molar-refractivity contribution is -0.124. The lowest BCUT2D eigenvalue weighted by Crippen LogP contribution is -2.49. The van der Waals surface area contributed by atoms with E-state index in [4.69, 9.17) is 0 Å². The molecule has 0 saturated heterocycles. The molecule has 0 spiro atoms. The van der Waals surface area contributed by atoms with Gasteiger partial charge in [-0.1, -0.05) is 26.0 Å². The zero-order valence-corrected chi connectivity index (χ0v) is 14.0. The lowest BCUT2D eigenvalue weighted by Gasteiger charge is -2.21. The van der Waals surface area contributed by atoms with E-state index in [1.54, 1.807) is 12.5 Å². The van der Waals surface area contributed by atoms with Crippen molar-refractivity contribution in [1.82, 2.24) is 20.2 Å². The number of amides is 2. The Kier molecular flexibility index (Phi) is 5.95. The summed E-state index contributed by atoms with van der Waals surface area (Å²) in [6, 6.07) is 7.15. The molecule has 0 radical (unpaired) electrons. The van der Waals surface area contributed by atoms with Gasteiger partial charge in [-0.2, -0.15) is 0 Å². The van der Waals surface area contributed by atoms with E-state index in [2.05, 4.69) is 20.4 Å². The molecule has 2 rings (SSSR count). The summed E-state index contributed by atoms with van der Waals surface area (Å²) in [6.07, 6.45) is 4.69.